The van der Waals surface area contributed by atoms with Gasteiger partial charge in [-0.15, -0.1) is 0 Å². The van der Waals surface area contributed by atoms with E-state index >= 15 is 0 Å². The first-order valence-corrected chi connectivity index (χ1v) is 8.46. The molecule has 0 saturated carbocycles. The van der Waals surface area contributed by atoms with Crippen molar-refractivity contribution in [1.29, 1.82) is 0 Å². The number of hydrogen-bond donors (Lipinski definition) is 1. The van der Waals surface area contributed by atoms with Crippen molar-refractivity contribution in [3.8, 4) is 5.75 Å². The van der Waals surface area contributed by atoms with Crippen LogP contribution >= 0.6 is 15.9 Å². The van der Waals surface area contributed by atoms with Gasteiger partial charge in [0.1, 0.15) is 5.75 Å². The van der Waals surface area contributed by atoms with Crippen LogP contribution in [0.3, 0.4) is 0 Å². The molecule has 0 saturated heterocycles. The number of esters is 1. The Morgan fingerprint density at radius 2 is 1.92 bits per heavy atom. The van der Waals surface area contributed by atoms with Crippen molar-refractivity contribution in [2.75, 3.05) is 11.9 Å². The molecule has 0 fully saturated rings. The maximum Gasteiger partial charge on any atom is 0.344 e. The Bertz CT molecular complexity index is 771. The topological polar surface area (TPSA) is 82.5 Å². The van der Waals surface area contributed by atoms with Gasteiger partial charge in [0.2, 0.25) is 0 Å². The Balaban J connectivity index is 1.85. The van der Waals surface area contributed by atoms with Gasteiger partial charge in [-0.05, 0) is 45.0 Å². The van der Waals surface area contributed by atoms with Crippen LogP contribution in [0.1, 0.15) is 18.3 Å². The maximum atomic E-state index is 12.2. The number of aromatic nitrogens is 2. The monoisotopic (exact) mass is 409 g/mol. The molecule has 1 atom stereocenters. The predicted molar refractivity (Wildman–Crippen MR) is 96.5 cm³/mol. The highest BCUT2D eigenvalue weighted by atomic mass is 79.9. The maximum absolute atomic E-state index is 12.2. The van der Waals surface area contributed by atoms with Crippen molar-refractivity contribution in [3.63, 3.8) is 0 Å². The van der Waals surface area contributed by atoms with Gasteiger partial charge in [0.15, 0.2) is 12.7 Å². The second kappa shape index (κ2) is 8.15. The molecule has 1 N–H and O–H groups in total. The van der Waals surface area contributed by atoms with Crippen molar-refractivity contribution >= 4 is 33.5 Å². The van der Waals surface area contributed by atoms with Crippen LogP contribution in [0.15, 0.2) is 28.7 Å². The number of hydrogen-bond acceptors (Lipinski definition) is 5. The van der Waals surface area contributed by atoms with E-state index in [4.69, 9.17) is 9.47 Å². The summed E-state index contributed by atoms with van der Waals surface area (Å²) in [6, 6.07) is 7.05. The fourth-order valence-corrected chi connectivity index (χ4v) is 2.40. The summed E-state index contributed by atoms with van der Waals surface area (Å²) in [6.07, 6.45) is -0.944. The third-order valence-electron chi connectivity index (χ3n) is 3.60. The van der Waals surface area contributed by atoms with Gasteiger partial charge in [0.25, 0.3) is 5.91 Å². The highest BCUT2D eigenvalue weighted by molar-refractivity contribution is 9.10. The summed E-state index contributed by atoms with van der Waals surface area (Å²) in [5.74, 6) is -0.500. The highest BCUT2D eigenvalue weighted by Gasteiger charge is 2.21. The lowest BCUT2D eigenvalue weighted by atomic mass is 10.3. The Labute approximate surface area is 154 Å². The molecular formula is C17H20BrN3O4. The normalized spacial score (nSPS) is 11.7. The molecule has 1 aromatic carbocycles. The van der Waals surface area contributed by atoms with Gasteiger partial charge >= 0.3 is 5.97 Å². The Morgan fingerprint density at radius 3 is 2.48 bits per heavy atom. The summed E-state index contributed by atoms with van der Waals surface area (Å²) in [6.45, 7) is 4.88. The number of anilines is 1. The zero-order valence-corrected chi connectivity index (χ0v) is 16.1. The number of amides is 1. The molecule has 0 radical (unpaired) electrons. The van der Waals surface area contributed by atoms with Crippen LogP contribution in [0.4, 0.5) is 5.69 Å². The van der Waals surface area contributed by atoms with E-state index in [9.17, 15) is 9.59 Å². The third kappa shape index (κ3) is 5.06. The number of nitrogens with zero attached hydrogens (tertiary/aromatic N) is 2. The van der Waals surface area contributed by atoms with Gasteiger partial charge in [0.05, 0.1) is 17.1 Å². The van der Waals surface area contributed by atoms with E-state index in [0.717, 1.165) is 10.2 Å². The molecule has 2 aromatic rings. The average molecular weight is 410 g/mol. The molecule has 0 unspecified atom stereocenters. The van der Waals surface area contributed by atoms with Crippen molar-refractivity contribution in [2.24, 2.45) is 7.05 Å². The standard InChI is InChI=1S/C17H20BrN3O4/c1-10-16(11(2)21(4)20-10)19-17(23)12(3)25-15(22)9-24-14-7-5-13(18)6-8-14/h5-8,12H,9H2,1-4H3,(H,19,23)/t12-/m0/s1. The van der Waals surface area contributed by atoms with Crippen LogP contribution < -0.4 is 10.1 Å². The van der Waals surface area contributed by atoms with Gasteiger partial charge in [-0.2, -0.15) is 5.10 Å². The van der Waals surface area contributed by atoms with E-state index in [0.29, 0.717) is 17.1 Å². The van der Waals surface area contributed by atoms with E-state index in [-0.39, 0.29) is 6.61 Å². The number of aryl methyl sites for hydroxylation is 2. The lowest BCUT2D eigenvalue weighted by Gasteiger charge is -2.14. The fourth-order valence-electron chi connectivity index (χ4n) is 2.14. The molecule has 7 nitrogen and oxygen atoms in total. The van der Waals surface area contributed by atoms with Gasteiger partial charge in [-0.3, -0.25) is 9.48 Å². The molecule has 1 heterocycles. The lowest BCUT2D eigenvalue weighted by molar-refractivity contribution is -0.155. The molecular weight excluding hydrogens is 390 g/mol. The molecule has 0 aliphatic rings. The first kappa shape index (κ1) is 19.0. The molecule has 0 bridgehead atoms. The second-order valence-corrected chi connectivity index (χ2v) is 6.45. The molecule has 0 aliphatic heterocycles. The molecule has 8 heteroatoms. The molecule has 0 spiro atoms. The molecule has 1 aromatic heterocycles. The van der Waals surface area contributed by atoms with Crippen LogP contribution in [0.5, 0.6) is 5.75 Å². The number of carbonyl (C=O) groups excluding carboxylic acids is 2. The third-order valence-corrected chi connectivity index (χ3v) is 4.13. The van der Waals surface area contributed by atoms with Crippen LogP contribution in [-0.2, 0) is 21.4 Å². The highest BCUT2D eigenvalue weighted by Crippen LogP contribution is 2.19. The van der Waals surface area contributed by atoms with Gasteiger partial charge in [0, 0.05) is 11.5 Å². The van der Waals surface area contributed by atoms with Gasteiger partial charge in [-0.25, -0.2) is 4.79 Å². The van der Waals surface area contributed by atoms with Crippen LogP contribution in [0.25, 0.3) is 0 Å². The van der Waals surface area contributed by atoms with Crippen LogP contribution in [0.2, 0.25) is 0 Å². The van der Waals surface area contributed by atoms with E-state index in [2.05, 4.69) is 26.3 Å². The van der Waals surface area contributed by atoms with Gasteiger partial charge < -0.3 is 14.8 Å². The number of halogens is 1. The zero-order valence-electron chi connectivity index (χ0n) is 14.5. The molecule has 2 rings (SSSR count). The predicted octanol–water partition coefficient (Wildman–Crippen LogP) is 2.75. The van der Waals surface area contributed by atoms with Gasteiger partial charge in [-0.1, -0.05) is 15.9 Å². The molecule has 25 heavy (non-hydrogen) atoms. The second-order valence-electron chi connectivity index (χ2n) is 5.53. The van der Waals surface area contributed by atoms with Crippen molar-refractivity contribution in [1.82, 2.24) is 9.78 Å². The number of ether oxygens (including phenoxy) is 2. The fraction of sp³-hybridized carbons (Fsp3) is 0.353. The average Bonchev–Trinajstić information content (AvgIpc) is 2.80. The largest absolute Gasteiger partial charge is 0.482 e. The summed E-state index contributed by atoms with van der Waals surface area (Å²) in [4.78, 5) is 24.0. The summed E-state index contributed by atoms with van der Waals surface area (Å²) in [5, 5.41) is 6.96. The minimum absolute atomic E-state index is 0.274. The minimum Gasteiger partial charge on any atom is -0.482 e. The SMILES string of the molecule is Cc1nn(C)c(C)c1NC(=O)[C@H](C)OC(=O)COc1ccc(Br)cc1. The smallest absolute Gasteiger partial charge is 0.344 e. The van der Waals surface area contributed by atoms with Crippen LogP contribution in [-0.4, -0.2) is 34.4 Å². The molecule has 1 amide bonds. The summed E-state index contributed by atoms with van der Waals surface area (Å²) < 4.78 is 13.0. The van der Waals surface area contributed by atoms with E-state index in [1.165, 1.54) is 6.92 Å². The minimum atomic E-state index is -0.944. The summed E-state index contributed by atoms with van der Waals surface area (Å²) in [5.41, 5.74) is 2.15. The van der Waals surface area contributed by atoms with Crippen molar-refractivity contribution in [3.05, 3.63) is 40.1 Å². The number of rotatable bonds is 6. The number of nitrogens with one attached hydrogen (secondary N) is 1. The summed E-state index contributed by atoms with van der Waals surface area (Å²) >= 11 is 3.32. The molecule has 134 valence electrons. The Morgan fingerprint density at radius 1 is 1.28 bits per heavy atom. The van der Waals surface area contributed by atoms with E-state index in [1.807, 2.05) is 6.92 Å². The van der Waals surface area contributed by atoms with E-state index < -0.39 is 18.0 Å². The van der Waals surface area contributed by atoms with Crippen molar-refractivity contribution < 1.29 is 19.1 Å². The van der Waals surface area contributed by atoms with Crippen molar-refractivity contribution in [2.45, 2.75) is 26.9 Å². The Hall–Kier alpha value is -2.35. The van der Waals surface area contributed by atoms with E-state index in [1.54, 1.807) is 42.9 Å². The lowest BCUT2D eigenvalue weighted by Crippen LogP contribution is -2.32. The van der Waals surface area contributed by atoms with Crippen LogP contribution in [0, 0.1) is 13.8 Å². The number of benzene rings is 1. The first-order valence-electron chi connectivity index (χ1n) is 7.67. The summed E-state index contributed by atoms with van der Waals surface area (Å²) in [7, 11) is 1.79. The quantitative estimate of drug-likeness (QED) is 0.741. The number of carbonyl (C=O) groups is 2. The molecule has 0 aliphatic carbocycles. The first-order chi connectivity index (χ1) is 11.8. The zero-order chi connectivity index (χ0) is 18.6. The Kier molecular flexibility index (Phi) is 6.19.